The summed E-state index contributed by atoms with van der Waals surface area (Å²) < 4.78 is 6.75. The van der Waals surface area contributed by atoms with E-state index < -0.39 is 5.97 Å². The summed E-state index contributed by atoms with van der Waals surface area (Å²) >= 11 is 5.93. The first kappa shape index (κ1) is 16.7. The molecule has 0 amide bonds. The predicted molar refractivity (Wildman–Crippen MR) is 92.6 cm³/mol. The fourth-order valence-electron chi connectivity index (χ4n) is 2.19. The SMILES string of the molecule is O=C(O)c1ccc(-n2nc(OCc3cccc(Cl)c3)ccc2=O)cc1. The van der Waals surface area contributed by atoms with Crippen molar-refractivity contribution >= 4 is 17.6 Å². The molecular formula is C18H13ClN2O4. The summed E-state index contributed by atoms with van der Waals surface area (Å²) in [6, 6.07) is 15.9. The predicted octanol–water partition coefficient (Wildman–Crippen LogP) is 3.16. The van der Waals surface area contributed by atoms with Crippen LogP contribution < -0.4 is 10.3 Å². The monoisotopic (exact) mass is 356 g/mol. The van der Waals surface area contributed by atoms with Crippen LogP contribution in [0.3, 0.4) is 0 Å². The van der Waals surface area contributed by atoms with Gasteiger partial charge in [0.05, 0.1) is 11.3 Å². The van der Waals surface area contributed by atoms with Gasteiger partial charge in [-0.2, -0.15) is 4.68 Å². The molecule has 2 aromatic carbocycles. The van der Waals surface area contributed by atoms with E-state index in [2.05, 4.69) is 5.10 Å². The van der Waals surface area contributed by atoms with E-state index in [4.69, 9.17) is 21.4 Å². The highest BCUT2D eigenvalue weighted by Gasteiger charge is 2.07. The molecule has 0 unspecified atom stereocenters. The van der Waals surface area contributed by atoms with Gasteiger partial charge in [-0.25, -0.2) is 4.79 Å². The molecule has 25 heavy (non-hydrogen) atoms. The van der Waals surface area contributed by atoms with Crippen molar-refractivity contribution in [1.29, 1.82) is 0 Å². The summed E-state index contributed by atoms with van der Waals surface area (Å²) in [5, 5.41) is 13.7. The third-order valence-corrected chi connectivity index (χ3v) is 3.65. The standard InChI is InChI=1S/C18H13ClN2O4/c19-14-3-1-2-12(10-14)11-25-16-8-9-17(22)21(20-16)15-6-4-13(5-7-15)18(23)24/h1-10H,11H2,(H,23,24). The molecule has 0 aliphatic rings. The van der Waals surface area contributed by atoms with Crippen LogP contribution in [0.5, 0.6) is 5.88 Å². The average Bonchev–Trinajstić information content (AvgIpc) is 2.61. The maximum absolute atomic E-state index is 12.0. The fourth-order valence-corrected chi connectivity index (χ4v) is 2.40. The Hall–Kier alpha value is -3.12. The Morgan fingerprint density at radius 2 is 1.88 bits per heavy atom. The molecule has 3 aromatic rings. The highest BCUT2D eigenvalue weighted by molar-refractivity contribution is 6.30. The first-order valence-electron chi connectivity index (χ1n) is 7.34. The topological polar surface area (TPSA) is 81.4 Å². The van der Waals surface area contributed by atoms with Crippen LogP contribution >= 0.6 is 11.6 Å². The van der Waals surface area contributed by atoms with Crippen LogP contribution in [-0.2, 0) is 6.61 Å². The van der Waals surface area contributed by atoms with Gasteiger partial charge in [-0.1, -0.05) is 23.7 Å². The smallest absolute Gasteiger partial charge is 0.335 e. The summed E-state index contributed by atoms with van der Waals surface area (Å²) in [6.45, 7) is 0.254. The van der Waals surface area contributed by atoms with Gasteiger partial charge in [-0.3, -0.25) is 4.79 Å². The molecular weight excluding hydrogens is 344 g/mol. The quantitative estimate of drug-likeness (QED) is 0.759. The molecule has 0 atom stereocenters. The molecule has 1 heterocycles. The van der Waals surface area contributed by atoms with Gasteiger partial charge in [-0.15, -0.1) is 5.10 Å². The maximum atomic E-state index is 12.0. The van der Waals surface area contributed by atoms with Gasteiger partial charge in [0.2, 0.25) is 5.88 Å². The number of nitrogens with zero attached hydrogens (tertiary/aromatic N) is 2. The lowest BCUT2D eigenvalue weighted by Gasteiger charge is -2.09. The normalized spacial score (nSPS) is 10.4. The Balaban J connectivity index is 1.82. The van der Waals surface area contributed by atoms with Crippen molar-refractivity contribution in [1.82, 2.24) is 9.78 Å². The maximum Gasteiger partial charge on any atom is 0.335 e. The van der Waals surface area contributed by atoms with Crippen LogP contribution in [0.15, 0.2) is 65.5 Å². The van der Waals surface area contributed by atoms with E-state index in [-0.39, 0.29) is 23.6 Å². The summed E-state index contributed by atoms with van der Waals surface area (Å²) in [5.74, 6) is -0.771. The van der Waals surface area contributed by atoms with Crippen molar-refractivity contribution in [3.05, 3.63) is 87.2 Å². The molecule has 0 saturated carbocycles. The molecule has 0 saturated heterocycles. The highest BCUT2D eigenvalue weighted by atomic mass is 35.5. The van der Waals surface area contributed by atoms with Crippen LogP contribution in [0, 0.1) is 0 Å². The second-order valence-corrected chi connectivity index (χ2v) is 5.63. The lowest BCUT2D eigenvalue weighted by Crippen LogP contribution is -2.20. The number of carboxylic acids is 1. The zero-order valence-electron chi connectivity index (χ0n) is 12.9. The van der Waals surface area contributed by atoms with E-state index in [9.17, 15) is 9.59 Å². The minimum absolute atomic E-state index is 0.130. The summed E-state index contributed by atoms with van der Waals surface area (Å²) in [7, 11) is 0. The molecule has 126 valence electrons. The number of benzene rings is 2. The van der Waals surface area contributed by atoms with Gasteiger partial charge in [0.15, 0.2) is 0 Å². The molecule has 7 heteroatoms. The summed E-state index contributed by atoms with van der Waals surface area (Å²) in [6.07, 6.45) is 0. The van der Waals surface area contributed by atoms with Crippen molar-refractivity contribution < 1.29 is 14.6 Å². The number of carboxylic acid groups (broad SMARTS) is 1. The molecule has 0 aliphatic carbocycles. The van der Waals surface area contributed by atoms with E-state index >= 15 is 0 Å². The third kappa shape index (κ3) is 4.05. The second-order valence-electron chi connectivity index (χ2n) is 5.19. The molecule has 0 fully saturated rings. The number of ether oxygens (including phenoxy) is 1. The molecule has 0 aliphatic heterocycles. The van der Waals surface area contributed by atoms with Crippen LogP contribution in [0.2, 0.25) is 5.02 Å². The Morgan fingerprint density at radius 1 is 1.12 bits per heavy atom. The van der Waals surface area contributed by atoms with E-state index in [0.717, 1.165) is 10.2 Å². The number of rotatable bonds is 5. The van der Waals surface area contributed by atoms with Gasteiger partial charge in [0.25, 0.3) is 5.56 Å². The fraction of sp³-hybridized carbons (Fsp3) is 0.0556. The van der Waals surface area contributed by atoms with E-state index in [1.807, 2.05) is 12.1 Å². The lowest BCUT2D eigenvalue weighted by atomic mass is 10.2. The Labute approximate surface area is 147 Å². The second kappa shape index (κ2) is 7.19. The number of halogens is 1. The van der Waals surface area contributed by atoms with Gasteiger partial charge < -0.3 is 9.84 Å². The number of aromatic carboxylic acids is 1. The highest BCUT2D eigenvalue weighted by Crippen LogP contribution is 2.14. The van der Waals surface area contributed by atoms with E-state index in [0.29, 0.717) is 10.7 Å². The van der Waals surface area contributed by atoms with Crippen molar-refractivity contribution in [3.8, 4) is 11.6 Å². The van der Waals surface area contributed by atoms with Crippen LogP contribution in [0.25, 0.3) is 5.69 Å². The molecule has 0 bridgehead atoms. The first-order valence-corrected chi connectivity index (χ1v) is 7.72. The van der Waals surface area contributed by atoms with Crippen molar-refractivity contribution in [2.75, 3.05) is 0 Å². The Kier molecular flexibility index (Phi) is 4.81. The minimum Gasteiger partial charge on any atom is -0.478 e. The van der Waals surface area contributed by atoms with E-state index in [1.54, 1.807) is 12.1 Å². The number of hydrogen-bond acceptors (Lipinski definition) is 4. The molecule has 0 spiro atoms. The molecule has 3 rings (SSSR count). The van der Waals surface area contributed by atoms with Crippen molar-refractivity contribution in [3.63, 3.8) is 0 Å². The Bertz CT molecular complexity index is 967. The van der Waals surface area contributed by atoms with Crippen molar-refractivity contribution in [2.45, 2.75) is 6.61 Å². The molecule has 1 N–H and O–H groups in total. The van der Waals surface area contributed by atoms with E-state index in [1.165, 1.54) is 36.4 Å². The summed E-state index contributed by atoms with van der Waals surface area (Å²) in [4.78, 5) is 22.9. The van der Waals surface area contributed by atoms with Gasteiger partial charge in [-0.05, 0) is 42.0 Å². The van der Waals surface area contributed by atoms with Crippen molar-refractivity contribution in [2.24, 2.45) is 0 Å². The number of carbonyl (C=O) groups is 1. The zero-order valence-corrected chi connectivity index (χ0v) is 13.7. The largest absolute Gasteiger partial charge is 0.478 e. The molecule has 0 radical (unpaired) electrons. The zero-order chi connectivity index (χ0) is 17.8. The van der Waals surface area contributed by atoms with Crippen LogP contribution in [0.4, 0.5) is 0 Å². The third-order valence-electron chi connectivity index (χ3n) is 3.41. The van der Waals surface area contributed by atoms with Crippen LogP contribution in [0.1, 0.15) is 15.9 Å². The van der Waals surface area contributed by atoms with Gasteiger partial charge in [0.1, 0.15) is 6.61 Å². The molecule has 6 nitrogen and oxygen atoms in total. The summed E-state index contributed by atoms with van der Waals surface area (Å²) in [5.41, 5.74) is 1.10. The van der Waals surface area contributed by atoms with Crippen LogP contribution in [-0.4, -0.2) is 20.9 Å². The van der Waals surface area contributed by atoms with Gasteiger partial charge >= 0.3 is 5.97 Å². The number of hydrogen-bond donors (Lipinski definition) is 1. The number of aromatic nitrogens is 2. The van der Waals surface area contributed by atoms with Gasteiger partial charge in [0, 0.05) is 17.2 Å². The Morgan fingerprint density at radius 3 is 2.56 bits per heavy atom. The lowest BCUT2D eigenvalue weighted by molar-refractivity contribution is 0.0697. The first-order chi connectivity index (χ1) is 12.0. The minimum atomic E-state index is -1.04. The average molecular weight is 357 g/mol. The molecule has 1 aromatic heterocycles.